The van der Waals surface area contributed by atoms with Crippen molar-refractivity contribution in [2.45, 2.75) is 26.8 Å². The molecule has 1 atom stereocenters. The van der Waals surface area contributed by atoms with E-state index in [4.69, 9.17) is 5.73 Å². The van der Waals surface area contributed by atoms with E-state index in [2.05, 4.69) is 39.5 Å². The summed E-state index contributed by atoms with van der Waals surface area (Å²) < 4.78 is 0. The molecule has 0 saturated carbocycles. The van der Waals surface area contributed by atoms with Crippen LogP contribution < -0.4 is 5.73 Å². The summed E-state index contributed by atoms with van der Waals surface area (Å²) in [7, 11) is 0. The van der Waals surface area contributed by atoms with E-state index in [-0.39, 0.29) is 6.04 Å². The summed E-state index contributed by atoms with van der Waals surface area (Å²) >= 11 is 0. The minimum atomic E-state index is -0.0411. The van der Waals surface area contributed by atoms with Gasteiger partial charge in [-0.15, -0.1) is 6.58 Å². The maximum absolute atomic E-state index is 5.93. The zero-order valence-electron chi connectivity index (χ0n) is 8.59. The highest BCUT2D eigenvalue weighted by Crippen LogP contribution is 2.22. The lowest BCUT2D eigenvalue weighted by atomic mass is 9.94. The Balaban J connectivity index is 3.28. The summed E-state index contributed by atoms with van der Waals surface area (Å²) in [6, 6.07) is 4.28. The van der Waals surface area contributed by atoms with Crippen LogP contribution in [0.25, 0.3) is 0 Å². The van der Waals surface area contributed by atoms with Crippen LogP contribution in [0, 0.1) is 20.8 Å². The first-order chi connectivity index (χ1) is 6.06. The van der Waals surface area contributed by atoms with Gasteiger partial charge in [0.2, 0.25) is 0 Å². The fourth-order valence-corrected chi connectivity index (χ4v) is 1.83. The predicted octanol–water partition coefficient (Wildman–Crippen LogP) is 2.80. The van der Waals surface area contributed by atoms with Crippen LogP contribution in [-0.2, 0) is 0 Å². The summed E-state index contributed by atoms with van der Waals surface area (Å²) in [5.74, 6) is 0. The van der Waals surface area contributed by atoms with E-state index in [0.717, 1.165) is 0 Å². The molecule has 0 amide bonds. The molecule has 0 radical (unpaired) electrons. The Hall–Kier alpha value is -1.08. The molecule has 0 heterocycles. The summed E-state index contributed by atoms with van der Waals surface area (Å²) in [6.45, 7) is 10.0. The Labute approximate surface area is 80.3 Å². The van der Waals surface area contributed by atoms with Crippen LogP contribution in [0.15, 0.2) is 24.8 Å². The van der Waals surface area contributed by atoms with Crippen LogP contribution in [0.4, 0.5) is 0 Å². The molecule has 0 spiro atoms. The van der Waals surface area contributed by atoms with Gasteiger partial charge in [0.15, 0.2) is 0 Å². The maximum atomic E-state index is 5.93. The number of nitrogens with two attached hydrogens (primary N) is 1. The van der Waals surface area contributed by atoms with E-state index in [1.807, 2.05) is 0 Å². The minimum Gasteiger partial charge on any atom is -0.321 e. The molecule has 1 aromatic rings. The molecule has 1 heteroatoms. The highest BCUT2D eigenvalue weighted by Gasteiger charge is 2.08. The number of rotatable bonds is 2. The van der Waals surface area contributed by atoms with Gasteiger partial charge < -0.3 is 5.73 Å². The SMILES string of the molecule is C=C[C@H](N)c1c(C)cc(C)cc1C. The molecule has 70 valence electrons. The van der Waals surface area contributed by atoms with E-state index in [1.54, 1.807) is 6.08 Å². The van der Waals surface area contributed by atoms with Crippen LogP contribution in [0.3, 0.4) is 0 Å². The maximum Gasteiger partial charge on any atom is 0.0483 e. The molecular formula is C12H17N. The monoisotopic (exact) mass is 175 g/mol. The molecule has 0 aliphatic rings. The molecule has 0 fully saturated rings. The molecule has 0 bridgehead atoms. The first kappa shape index (κ1) is 10.0. The highest BCUT2D eigenvalue weighted by atomic mass is 14.6. The Kier molecular flexibility index (Phi) is 2.89. The Bertz CT molecular complexity index is 303. The second-order valence-electron chi connectivity index (χ2n) is 3.57. The van der Waals surface area contributed by atoms with Crippen LogP contribution in [-0.4, -0.2) is 0 Å². The smallest absolute Gasteiger partial charge is 0.0483 e. The fourth-order valence-electron chi connectivity index (χ4n) is 1.83. The van der Waals surface area contributed by atoms with Crippen molar-refractivity contribution in [2.24, 2.45) is 5.73 Å². The number of benzene rings is 1. The summed E-state index contributed by atoms with van der Waals surface area (Å²) in [6.07, 6.45) is 1.78. The number of hydrogen-bond donors (Lipinski definition) is 1. The molecule has 0 aromatic heterocycles. The second-order valence-corrected chi connectivity index (χ2v) is 3.57. The van der Waals surface area contributed by atoms with E-state index >= 15 is 0 Å². The largest absolute Gasteiger partial charge is 0.321 e. The zero-order valence-corrected chi connectivity index (χ0v) is 8.59. The molecule has 13 heavy (non-hydrogen) atoms. The van der Waals surface area contributed by atoms with E-state index in [1.165, 1.54) is 22.3 Å². The van der Waals surface area contributed by atoms with Crippen molar-refractivity contribution in [1.82, 2.24) is 0 Å². The summed E-state index contributed by atoms with van der Waals surface area (Å²) in [4.78, 5) is 0. The fraction of sp³-hybridized carbons (Fsp3) is 0.333. The predicted molar refractivity (Wildman–Crippen MR) is 57.8 cm³/mol. The normalized spacial score (nSPS) is 12.6. The van der Waals surface area contributed by atoms with Gasteiger partial charge >= 0.3 is 0 Å². The number of hydrogen-bond acceptors (Lipinski definition) is 1. The molecule has 0 aliphatic carbocycles. The van der Waals surface area contributed by atoms with E-state index in [0.29, 0.717) is 0 Å². The van der Waals surface area contributed by atoms with Crippen molar-refractivity contribution in [3.8, 4) is 0 Å². The van der Waals surface area contributed by atoms with Crippen molar-refractivity contribution in [3.63, 3.8) is 0 Å². The first-order valence-corrected chi connectivity index (χ1v) is 4.52. The van der Waals surface area contributed by atoms with Gasteiger partial charge in [-0.05, 0) is 37.5 Å². The van der Waals surface area contributed by atoms with Crippen LogP contribution in [0.1, 0.15) is 28.3 Å². The standard InChI is InChI=1S/C12H17N/c1-5-11(13)12-9(3)6-8(2)7-10(12)4/h5-7,11H,1,13H2,2-4H3/t11-/m0/s1. The van der Waals surface area contributed by atoms with Crippen molar-refractivity contribution < 1.29 is 0 Å². The number of aryl methyl sites for hydroxylation is 3. The molecule has 0 unspecified atom stereocenters. The van der Waals surface area contributed by atoms with Gasteiger partial charge in [-0.1, -0.05) is 23.8 Å². The van der Waals surface area contributed by atoms with E-state index in [9.17, 15) is 0 Å². The molecular weight excluding hydrogens is 158 g/mol. The third-order valence-corrected chi connectivity index (χ3v) is 2.33. The van der Waals surface area contributed by atoms with Crippen LogP contribution in [0.5, 0.6) is 0 Å². The Morgan fingerprint density at radius 2 is 1.69 bits per heavy atom. The summed E-state index contributed by atoms with van der Waals surface area (Å²) in [5, 5.41) is 0. The third kappa shape index (κ3) is 1.99. The molecule has 0 saturated heterocycles. The molecule has 2 N–H and O–H groups in total. The lowest BCUT2D eigenvalue weighted by Crippen LogP contribution is -2.10. The lowest BCUT2D eigenvalue weighted by Gasteiger charge is -2.14. The van der Waals surface area contributed by atoms with Crippen molar-refractivity contribution in [3.05, 3.63) is 47.0 Å². The first-order valence-electron chi connectivity index (χ1n) is 4.52. The van der Waals surface area contributed by atoms with Crippen molar-refractivity contribution >= 4 is 0 Å². The average molecular weight is 175 g/mol. The topological polar surface area (TPSA) is 26.0 Å². The van der Waals surface area contributed by atoms with Gasteiger partial charge in [-0.2, -0.15) is 0 Å². The third-order valence-electron chi connectivity index (χ3n) is 2.33. The second kappa shape index (κ2) is 3.75. The Morgan fingerprint density at radius 1 is 1.23 bits per heavy atom. The van der Waals surface area contributed by atoms with Gasteiger partial charge in [0, 0.05) is 6.04 Å². The van der Waals surface area contributed by atoms with Gasteiger partial charge in [0.1, 0.15) is 0 Å². The lowest BCUT2D eigenvalue weighted by molar-refractivity contribution is 0.888. The molecule has 0 aliphatic heterocycles. The molecule has 1 rings (SSSR count). The van der Waals surface area contributed by atoms with Crippen molar-refractivity contribution in [1.29, 1.82) is 0 Å². The minimum absolute atomic E-state index is 0.0411. The molecule has 1 aromatic carbocycles. The van der Waals surface area contributed by atoms with Crippen molar-refractivity contribution in [2.75, 3.05) is 0 Å². The van der Waals surface area contributed by atoms with Gasteiger partial charge in [0.25, 0.3) is 0 Å². The van der Waals surface area contributed by atoms with Gasteiger partial charge in [-0.25, -0.2) is 0 Å². The van der Waals surface area contributed by atoms with E-state index < -0.39 is 0 Å². The Morgan fingerprint density at radius 3 is 2.08 bits per heavy atom. The quantitative estimate of drug-likeness (QED) is 0.687. The van der Waals surface area contributed by atoms with Crippen LogP contribution >= 0.6 is 0 Å². The van der Waals surface area contributed by atoms with Gasteiger partial charge in [0.05, 0.1) is 0 Å². The highest BCUT2D eigenvalue weighted by molar-refractivity contribution is 5.40. The van der Waals surface area contributed by atoms with Crippen LogP contribution in [0.2, 0.25) is 0 Å². The summed E-state index contributed by atoms with van der Waals surface area (Å²) in [5.41, 5.74) is 10.9. The zero-order chi connectivity index (χ0) is 10.0. The molecule has 1 nitrogen and oxygen atoms in total. The van der Waals surface area contributed by atoms with Gasteiger partial charge in [-0.3, -0.25) is 0 Å². The average Bonchev–Trinajstić information content (AvgIpc) is 2.02.